The highest BCUT2D eigenvalue weighted by molar-refractivity contribution is 6.35. The predicted molar refractivity (Wildman–Crippen MR) is 72.9 cm³/mol. The number of hydrogen-bond acceptors (Lipinski definition) is 7. The molecule has 0 aliphatic heterocycles. The molecule has 0 saturated heterocycles. The largest absolute Gasteiger partial charge is 0.382 e. The van der Waals surface area contributed by atoms with E-state index in [9.17, 15) is 0 Å². The van der Waals surface area contributed by atoms with E-state index in [0.29, 0.717) is 0 Å². The third kappa shape index (κ3) is 3.90. The normalized spacial score (nSPS) is 8.85. The summed E-state index contributed by atoms with van der Waals surface area (Å²) in [5, 5.41) is 17.1. The van der Waals surface area contributed by atoms with Gasteiger partial charge in [0.15, 0.2) is 15.5 Å². The maximum atomic E-state index is 8.40. The molecule has 0 radical (unpaired) electrons. The van der Waals surface area contributed by atoms with Crippen LogP contribution in [0.25, 0.3) is 0 Å². The number of nitrogens with two attached hydrogens (primary N) is 1. The van der Waals surface area contributed by atoms with Crippen molar-refractivity contribution in [2.75, 3.05) is 5.73 Å². The molecule has 0 fully saturated rings. The minimum atomic E-state index is 0.0856. The lowest BCUT2D eigenvalue weighted by molar-refractivity contribution is 1.15. The van der Waals surface area contributed by atoms with Crippen molar-refractivity contribution in [3.05, 3.63) is 39.2 Å². The molecule has 0 atom stereocenters. The fourth-order valence-electron chi connectivity index (χ4n) is 0.917. The molecule has 0 bridgehead atoms. The molecule has 0 aromatic carbocycles. The Balaban J connectivity index is 0.000000200. The van der Waals surface area contributed by atoms with Gasteiger partial charge in [0.2, 0.25) is 0 Å². The van der Waals surface area contributed by atoms with Crippen LogP contribution in [-0.4, -0.2) is 19.9 Å². The molecular weight excluding hydrogens is 325 g/mol. The minimum absolute atomic E-state index is 0.0856. The van der Waals surface area contributed by atoms with Crippen LogP contribution in [0.15, 0.2) is 12.7 Å². The number of aromatic nitrogens is 4. The van der Waals surface area contributed by atoms with Crippen LogP contribution in [0.2, 0.25) is 15.5 Å². The minimum Gasteiger partial charge on any atom is -0.382 e. The summed E-state index contributed by atoms with van der Waals surface area (Å²) in [6, 6.07) is 3.56. The van der Waals surface area contributed by atoms with Gasteiger partial charge in [-0.2, -0.15) is 10.5 Å². The summed E-state index contributed by atoms with van der Waals surface area (Å²) in [4.78, 5) is 14.2. The van der Waals surface area contributed by atoms with Crippen LogP contribution in [0.1, 0.15) is 11.1 Å². The molecule has 2 aromatic rings. The van der Waals surface area contributed by atoms with Crippen LogP contribution in [0.4, 0.5) is 5.82 Å². The molecule has 0 unspecified atom stereocenters. The highest BCUT2D eigenvalue weighted by Crippen LogP contribution is 2.17. The lowest BCUT2D eigenvalue weighted by Gasteiger charge is -1.94. The lowest BCUT2D eigenvalue weighted by Crippen LogP contribution is -1.96. The monoisotopic (exact) mass is 327 g/mol. The second-order valence-corrected chi connectivity index (χ2v) is 4.05. The number of nitrogens with zero attached hydrogens (tertiary/aromatic N) is 6. The fourth-order valence-corrected chi connectivity index (χ4v) is 1.50. The highest BCUT2D eigenvalue weighted by atomic mass is 35.5. The van der Waals surface area contributed by atoms with Crippen molar-refractivity contribution in [1.82, 2.24) is 19.9 Å². The van der Waals surface area contributed by atoms with Crippen LogP contribution in [0, 0.1) is 22.7 Å². The van der Waals surface area contributed by atoms with Gasteiger partial charge in [0, 0.05) is 0 Å². The van der Waals surface area contributed by atoms with Crippen molar-refractivity contribution in [1.29, 1.82) is 10.5 Å². The summed E-state index contributed by atoms with van der Waals surface area (Å²) < 4.78 is 0. The van der Waals surface area contributed by atoms with Crippen molar-refractivity contribution in [3.63, 3.8) is 0 Å². The fraction of sp³-hybridized carbons (Fsp3) is 0. The van der Waals surface area contributed by atoms with Gasteiger partial charge in [-0.05, 0) is 0 Å². The number of hydrogen-bond donors (Lipinski definition) is 1. The third-order valence-electron chi connectivity index (χ3n) is 1.81. The molecule has 10 heteroatoms. The predicted octanol–water partition coefficient (Wildman–Crippen LogP) is 2.24. The van der Waals surface area contributed by atoms with Gasteiger partial charge in [0.05, 0.1) is 0 Å². The van der Waals surface area contributed by atoms with Crippen molar-refractivity contribution >= 4 is 40.6 Å². The second-order valence-electron chi connectivity index (χ2n) is 2.98. The van der Waals surface area contributed by atoms with Gasteiger partial charge in [0.1, 0.15) is 41.7 Å². The number of nitrogen functional groups attached to an aromatic ring is 1. The molecular formula is C10H4Cl3N7. The van der Waals surface area contributed by atoms with Crippen molar-refractivity contribution < 1.29 is 0 Å². The van der Waals surface area contributed by atoms with Gasteiger partial charge < -0.3 is 5.73 Å². The maximum Gasteiger partial charge on any atom is 0.152 e. The first-order valence-corrected chi connectivity index (χ1v) is 5.86. The Kier molecular flexibility index (Phi) is 5.88. The van der Waals surface area contributed by atoms with Crippen LogP contribution in [0.5, 0.6) is 0 Å². The van der Waals surface area contributed by atoms with E-state index in [0.717, 1.165) is 0 Å². The Morgan fingerprint density at radius 3 is 1.50 bits per heavy atom. The molecule has 7 nitrogen and oxygen atoms in total. The van der Waals surface area contributed by atoms with Crippen LogP contribution < -0.4 is 5.73 Å². The first-order chi connectivity index (χ1) is 9.51. The van der Waals surface area contributed by atoms with E-state index in [4.69, 9.17) is 51.1 Å². The average Bonchev–Trinajstić information content (AvgIpc) is 2.40. The molecule has 0 aliphatic carbocycles. The first-order valence-electron chi connectivity index (χ1n) is 4.73. The molecule has 2 heterocycles. The van der Waals surface area contributed by atoms with E-state index in [-0.39, 0.29) is 32.4 Å². The number of rotatable bonds is 0. The van der Waals surface area contributed by atoms with E-state index in [1.54, 1.807) is 12.1 Å². The average molecular weight is 329 g/mol. The van der Waals surface area contributed by atoms with E-state index in [1.165, 1.54) is 12.7 Å². The maximum absolute atomic E-state index is 8.40. The second kappa shape index (κ2) is 7.41. The summed E-state index contributed by atoms with van der Waals surface area (Å²) in [7, 11) is 0. The third-order valence-corrected chi connectivity index (χ3v) is 2.67. The zero-order valence-corrected chi connectivity index (χ0v) is 11.8. The molecule has 0 aliphatic rings. The molecule has 0 amide bonds. The molecule has 2 N–H and O–H groups in total. The van der Waals surface area contributed by atoms with Crippen molar-refractivity contribution in [3.8, 4) is 12.1 Å². The van der Waals surface area contributed by atoms with Gasteiger partial charge in [-0.3, -0.25) is 0 Å². The molecule has 20 heavy (non-hydrogen) atoms. The summed E-state index contributed by atoms with van der Waals surface area (Å²) in [5.41, 5.74) is 5.52. The highest BCUT2D eigenvalue weighted by Gasteiger charge is 2.05. The zero-order valence-electron chi connectivity index (χ0n) is 9.55. The Bertz CT molecular complexity index is 603. The summed E-state index contributed by atoms with van der Waals surface area (Å²) in [6.45, 7) is 0. The van der Waals surface area contributed by atoms with E-state index >= 15 is 0 Å². The number of nitriles is 2. The summed E-state index contributed by atoms with van der Waals surface area (Å²) in [6.07, 6.45) is 2.41. The SMILES string of the molecule is N#Cc1c(Cl)ncnc1Cl.N#Cc1c(N)ncnc1Cl. The Labute approximate surface area is 128 Å². The van der Waals surface area contributed by atoms with E-state index in [1.807, 2.05) is 0 Å². The smallest absolute Gasteiger partial charge is 0.152 e. The van der Waals surface area contributed by atoms with Gasteiger partial charge in [0.25, 0.3) is 0 Å². The Morgan fingerprint density at radius 2 is 1.20 bits per heavy atom. The molecule has 2 aromatic heterocycles. The summed E-state index contributed by atoms with van der Waals surface area (Å²) in [5.74, 6) is 0.113. The van der Waals surface area contributed by atoms with Crippen LogP contribution in [-0.2, 0) is 0 Å². The Morgan fingerprint density at radius 1 is 0.800 bits per heavy atom. The first kappa shape index (κ1) is 15.9. The zero-order chi connectivity index (χ0) is 15.1. The van der Waals surface area contributed by atoms with Gasteiger partial charge in [-0.15, -0.1) is 0 Å². The van der Waals surface area contributed by atoms with E-state index in [2.05, 4.69) is 19.9 Å². The van der Waals surface area contributed by atoms with Gasteiger partial charge >= 0.3 is 0 Å². The van der Waals surface area contributed by atoms with Gasteiger partial charge in [-0.25, -0.2) is 19.9 Å². The standard InChI is InChI=1S/C5HCl2N3.C5H3ClN4/c6-4-3(1-8)5(7)10-2-9-4;6-4-3(1-7)5(8)10-2-9-4/h2H;2H,(H2,8,9,10). The topological polar surface area (TPSA) is 125 Å². The molecule has 0 saturated carbocycles. The number of anilines is 1. The molecule has 100 valence electrons. The van der Waals surface area contributed by atoms with Crippen molar-refractivity contribution in [2.45, 2.75) is 0 Å². The van der Waals surface area contributed by atoms with Crippen LogP contribution >= 0.6 is 34.8 Å². The molecule has 0 spiro atoms. The van der Waals surface area contributed by atoms with Crippen molar-refractivity contribution in [2.24, 2.45) is 0 Å². The molecule has 2 rings (SSSR count). The Hall–Kier alpha value is -2.19. The summed E-state index contributed by atoms with van der Waals surface area (Å²) >= 11 is 16.4. The van der Waals surface area contributed by atoms with Gasteiger partial charge in [-0.1, -0.05) is 34.8 Å². The van der Waals surface area contributed by atoms with Crippen LogP contribution in [0.3, 0.4) is 0 Å². The lowest BCUT2D eigenvalue weighted by atomic mass is 10.3. The van der Waals surface area contributed by atoms with E-state index < -0.39 is 0 Å². The quantitative estimate of drug-likeness (QED) is 0.735. The number of halogens is 3.